The molecule has 0 bridgehead atoms. The number of para-hydroxylation sites is 1. The second-order valence-electron chi connectivity index (χ2n) is 3.51. The Morgan fingerprint density at radius 2 is 1.83 bits per heavy atom. The Morgan fingerprint density at radius 3 is 2.33 bits per heavy atom. The van der Waals surface area contributed by atoms with E-state index in [1.165, 1.54) is 11.6 Å². The van der Waals surface area contributed by atoms with Gasteiger partial charge in [0.25, 0.3) is 9.05 Å². The van der Waals surface area contributed by atoms with Crippen molar-refractivity contribution in [2.45, 2.75) is 11.8 Å². The summed E-state index contributed by atoms with van der Waals surface area (Å²) in [7, 11) is 1.36. The summed E-state index contributed by atoms with van der Waals surface area (Å²) in [6, 6.07) is 6.81. The van der Waals surface area contributed by atoms with Crippen molar-refractivity contribution in [2.24, 2.45) is 0 Å². The Hall–Kier alpha value is -0.750. The first-order valence-electron chi connectivity index (χ1n) is 4.77. The Labute approximate surface area is 118 Å². The molecule has 0 spiro atoms. The largest absolute Gasteiger partial charge is 0.266 e. The summed E-state index contributed by atoms with van der Waals surface area (Å²) in [5.74, 6) is 0. The van der Waals surface area contributed by atoms with Crippen molar-refractivity contribution in [1.82, 2.24) is 9.78 Å². The quantitative estimate of drug-likeness (QED) is 0.795. The third-order valence-electron chi connectivity index (χ3n) is 2.28. The number of rotatable bonds is 2. The molecule has 18 heavy (non-hydrogen) atoms. The highest BCUT2D eigenvalue weighted by Crippen LogP contribution is 2.31. The molecule has 0 radical (unpaired) electrons. The predicted molar refractivity (Wildman–Crippen MR) is 71.4 cm³/mol. The van der Waals surface area contributed by atoms with Crippen molar-refractivity contribution in [3.8, 4) is 5.69 Å². The van der Waals surface area contributed by atoms with E-state index >= 15 is 0 Å². The topological polar surface area (TPSA) is 52.0 Å². The maximum absolute atomic E-state index is 11.4. The monoisotopic (exact) mass is 324 g/mol. The molecule has 0 saturated heterocycles. The van der Waals surface area contributed by atoms with Crippen molar-refractivity contribution < 1.29 is 8.42 Å². The number of nitrogens with zero attached hydrogens (tertiary/aromatic N) is 2. The fraction of sp³-hybridized carbons (Fsp3) is 0.100. The Balaban J connectivity index is 2.74. The molecule has 1 aromatic heterocycles. The molecule has 0 atom stereocenters. The van der Waals surface area contributed by atoms with Crippen molar-refractivity contribution in [2.75, 3.05) is 0 Å². The van der Waals surface area contributed by atoms with Gasteiger partial charge in [-0.3, -0.25) is 0 Å². The van der Waals surface area contributed by atoms with Gasteiger partial charge in [-0.1, -0.05) is 35.3 Å². The second-order valence-corrected chi connectivity index (χ2v) is 6.77. The summed E-state index contributed by atoms with van der Waals surface area (Å²) in [5.41, 5.74) is 0.703. The van der Waals surface area contributed by atoms with Gasteiger partial charge in [-0.2, -0.15) is 5.10 Å². The molecule has 8 heteroatoms. The minimum Gasteiger partial charge on any atom is -0.219 e. The average Bonchev–Trinajstić information content (AvgIpc) is 2.54. The summed E-state index contributed by atoms with van der Waals surface area (Å²) in [5, 5.41) is 4.36. The van der Waals surface area contributed by atoms with E-state index in [4.69, 9.17) is 33.9 Å². The van der Waals surface area contributed by atoms with Gasteiger partial charge in [-0.05, 0) is 19.1 Å². The molecule has 1 heterocycles. The fourth-order valence-electron chi connectivity index (χ4n) is 1.54. The molecule has 0 aliphatic heterocycles. The molecule has 0 aliphatic rings. The lowest BCUT2D eigenvalue weighted by Gasteiger charge is -2.04. The molecule has 0 N–H and O–H groups in total. The summed E-state index contributed by atoms with van der Waals surface area (Å²) >= 11 is 12.0. The molecular weight excluding hydrogens is 319 g/mol. The highest BCUT2D eigenvalue weighted by molar-refractivity contribution is 8.13. The Bertz CT molecular complexity index is 710. The zero-order valence-corrected chi connectivity index (χ0v) is 12.1. The Kier molecular flexibility index (Phi) is 3.60. The number of aromatic nitrogens is 2. The maximum atomic E-state index is 11.4. The van der Waals surface area contributed by atoms with Crippen LogP contribution in [0.25, 0.3) is 5.69 Å². The number of hydrogen-bond donors (Lipinski definition) is 0. The minimum absolute atomic E-state index is 0.0874. The smallest absolute Gasteiger partial charge is 0.219 e. The zero-order chi connectivity index (χ0) is 13.5. The van der Waals surface area contributed by atoms with Gasteiger partial charge in [0.15, 0.2) is 5.15 Å². The molecule has 0 saturated carbocycles. The van der Waals surface area contributed by atoms with Gasteiger partial charge in [0.1, 0.15) is 4.90 Å². The first kappa shape index (κ1) is 13.7. The first-order valence-corrected chi connectivity index (χ1v) is 7.83. The SMILES string of the molecule is Cc1nn(-c2ccccc2Cl)c(Cl)c1S(=O)(=O)Cl. The standard InChI is InChI=1S/C10H7Cl3N2O2S/c1-6-9(18(13,16)17)10(12)15(14-6)8-5-3-2-4-7(8)11/h2-5H,1H3. The van der Waals surface area contributed by atoms with Gasteiger partial charge >= 0.3 is 0 Å². The van der Waals surface area contributed by atoms with E-state index in [0.29, 0.717) is 10.7 Å². The van der Waals surface area contributed by atoms with Crippen LogP contribution in [0.2, 0.25) is 10.2 Å². The minimum atomic E-state index is -3.95. The lowest BCUT2D eigenvalue weighted by Crippen LogP contribution is -1.98. The molecule has 0 unspecified atom stereocenters. The molecule has 2 rings (SSSR count). The number of hydrogen-bond acceptors (Lipinski definition) is 3. The lowest BCUT2D eigenvalue weighted by molar-refractivity contribution is 0.609. The van der Waals surface area contributed by atoms with Crippen LogP contribution in [-0.2, 0) is 9.05 Å². The molecule has 0 fully saturated rings. The van der Waals surface area contributed by atoms with E-state index in [-0.39, 0.29) is 15.7 Å². The molecule has 2 aromatic rings. The lowest BCUT2D eigenvalue weighted by atomic mass is 10.3. The third-order valence-corrected chi connectivity index (χ3v) is 4.50. The number of halogens is 3. The molecule has 0 amide bonds. The van der Waals surface area contributed by atoms with Crippen molar-refractivity contribution in [1.29, 1.82) is 0 Å². The molecular formula is C10H7Cl3N2O2S. The van der Waals surface area contributed by atoms with Crippen molar-refractivity contribution in [3.05, 3.63) is 40.1 Å². The van der Waals surface area contributed by atoms with Crippen LogP contribution < -0.4 is 0 Å². The van der Waals surface area contributed by atoms with Crippen LogP contribution in [0.5, 0.6) is 0 Å². The molecule has 1 aromatic carbocycles. The first-order chi connectivity index (χ1) is 8.32. The van der Waals surface area contributed by atoms with E-state index in [2.05, 4.69) is 5.10 Å². The van der Waals surface area contributed by atoms with E-state index in [9.17, 15) is 8.42 Å². The van der Waals surface area contributed by atoms with Crippen LogP contribution >= 0.6 is 33.9 Å². The molecule has 0 aliphatic carbocycles. The van der Waals surface area contributed by atoms with Crippen LogP contribution in [0.15, 0.2) is 29.2 Å². The van der Waals surface area contributed by atoms with E-state index < -0.39 is 9.05 Å². The molecule has 96 valence electrons. The highest BCUT2D eigenvalue weighted by atomic mass is 35.7. The predicted octanol–water partition coefficient (Wildman–Crippen LogP) is 3.42. The summed E-state index contributed by atoms with van der Waals surface area (Å²) in [4.78, 5) is -0.203. The van der Waals surface area contributed by atoms with Crippen LogP contribution in [0, 0.1) is 6.92 Å². The van der Waals surface area contributed by atoms with Gasteiger partial charge in [0.2, 0.25) is 0 Å². The second kappa shape index (κ2) is 4.74. The van der Waals surface area contributed by atoms with E-state index in [1.54, 1.807) is 24.3 Å². The number of benzene rings is 1. The van der Waals surface area contributed by atoms with E-state index in [0.717, 1.165) is 0 Å². The average molecular weight is 326 g/mol. The van der Waals surface area contributed by atoms with Crippen molar-refractivity contribution >= 4 is 42.9 Å². The van der Waals surface area contributed by atoms with E-state index in [1.807, 2.05) is 0 Å². The fourth-order valence-corrected chi connectivity index (χ4v) is 3.69. The normalized spacial score (nSPS) is 11.8. The van der Waals surface area contributed by atoms with Gasteiger partial charge < -0.3 is 0 Å². The zero-order valence-electron chi connectivity index (χ0n) is 9.06. The Morgan fingerprint density at radius 1 is 1.22 bits per heavy atom. The van der Waals surface area contributed by atoms with Crippen LogP contribution in [-0.4, -0.2) is 18.2 Å². The summed E-state index contributed by atoms with van der Waals surface area (Å²) in [6.07, 6.45) is 0. The third kappa shape index (κ3) is 2.36. The number of aryl methyl sites for hydroxylation is 1. The van der Waals surface area contributed by atoms with Crippen molar-refractivity contribution in [3.63, 3.8) is 0 Å². The maximum Gasteiger partial charge on any atom is 0.266 e. The van der Waals surface area contributed by atoms with Crippen LogP contribution in [0.4, 0.5) is 0 Å². The van der Waals surface area contributed by atoms with Crippen LogP contribution in [0.3, 0.4) is 0 Å². The summed E-state index contributed by atoms with van der Waals surface area (Å²) < 4.78 is 24.0. The van der Waals surface area contributed by atoms with Gasteiger partial charge in [0.05, 0.1) is 16.4 Å². The van der Waals surface area contributed by atoms with Gasteiger partial charge in [-0.15, -0.1) is 0 Å². The van der Waals surface area contributed by atoms with Crippen LogP contribution in [0.1, 0.15) is 5.69 Å². The summed E-state index contributed by atoms with van der Waals surface area (Å²) in [6.45, 7) is 1.51. The van der Waals surface area contributed by atoms with Gasteiger partial charge in [0, 0.05) is 10.7 Å². The molecule has 4 nitrogen and oxygen atoms in total. The van der Waals surface area contributed by atoms with Gasteiger partial charge in [-0.25, -0.2) is 13.1 Å². The highest BCUT2D eigenvalue weighted by Gasteiger charge is 2.25.